The molecule has 0 bridgehead atoms. The van der Waals surface area contributed by atoms with E-state index >= 15 is 0 Å². The lowest BCUT2D eigenvalue weighted by Gasteiger charge is -2.21. The summed E-state index contributed by atoms with van der Waals surface area (Å²) in [5, 5.41) is 12.4. The molecular formula is C14H19FN2O3. The third-order valence-electron chi connectivity index (χ3n) is 3.42. The number of nitrogens with one attached hydrogen (secondary N) is 1. The molecule has 0 aliphatic carbocycles. The number of ether oxygens (including phenoxy) is 1. The van der Waals surface area contributed by atoms with Crippen LogP contribution in [0.4, 0.5) is 4.39 Å². The molecule has 0 aromatic heterocycles. The molecule has 6 heteroatoms. The third-order valence-corrected chi connectivity index (χ3v) is 3.42. The Morgan fingerprint density at radius 2 is 2.35 bits per heavy atom. The molecule has 0 spiro atoms. The second kappa shape index (κ2) is 6.19. The highest BCUT2D eigenvalue weighted by Gasteiger charge is 2.30. The number of methoxy groups -OCH3 is 1. The predicted molar refractivity (Wildman–Crippen MR) is 71.8 cm³/mol. The van der Waals surface area contributed by atoms with Gasteiger partial charge in [-0.1, -0.05) is 6.07 Å². The lowest BCUT2D eigenvalue weighted by Crippen LogP contribution is -2.41. The van der Waals surface area contributed by atoms with E-state index in [2.05, 4.69) is 5.32 Å². The number of halogens is 1. The highest BCUT2D eigenvalue weighted by molar-refractivity contribution is 5.82. The van der Waals surface area contributed by atoms with Crippen molar-refractivity contribution in [2.75, 3.05) is 20.7 Å². The summed E-state index contributed by atoms with van der Waals surface area (Å²) in [5.41, 5.74) is 0.692. The van der Waals surface area contributed by atoms with Crippen molar-refractivity contribution in [2.24, 2.45) is 0 Å². The molecule has 110 valence electrons. The van der Waals surface area contributed by atoms with E-state index in [1.54, 1.807) is 19.2 Å². The SMILES string of the molecule is COc1ccc(CN(C)C(=O)[C@@H]2C[C@H](O)CN2)cc1F. The van der Waals surface area contributed by atoms with Crippen molar-refractivity contribution < 1.29 is 19.0 Å². The second-order valence-corrected chi connectivity index (χ2v) is 5.01. The number of nitrogens with zero attached hydrogens (tertiary/aromatic N) is 1. The minimum Gasteiger partial charge on any atom is -0.494 e. The van der Waals surface area contributed by atoms with Crippen molar-refractivity contribution >= 4 is 5.91 Å². The van der Waals surface area contributed by atoms with Gasteiger partial charge in [-0.2, -0.15) is 0 Å². The van der Waals surface area contributed by atoms with E-state index in [1.165, 1.54) is 18.1 Å². The van der Waals surface area contributed by atoms with E-state index in [9.17, 15) is 14.3 Å². The Morgan fingerprint density at radius 3 is 2.90 bits per heavy atom. The number of aliphatic hydroxyl groups excluding tert-OH is 1. The summed E-state index contributed by atoms with van der Waals surface area (Å²) in [6.07, 6.45) is -0.0593. The predicted octanol–water partition coefficient (Wildman–Crippen LogP) is 0.516. The Morgan fingerprint density at radius 1 is 1.60 bits per heavy atom. The van der Waals surface area contributed by atoms with Crippen LogP contribution in [-0.4, -0.2) is 48.8 Å². The fourth-order valence-corrected chi connectivity index (χ4v) is 2.33. The van der Waals surface area contributed by atoms with Gasteiger partial charge in [-0.25, -0.2) is 4.39 Å². The number of carbonyl (C=O) groups excluding carboxylic acids is 1. The van der Waals surface area contributed by atoms with Gasteiger partial charge in [0.1, 0.15) is 0 Å². The summed E-state index contributed by atoms with van der Waals surface area (Å²) in [5.74, 6) is -0.360. The molecular weight excluding hydrogens is 263 g/mol. The first-order valence-corrected chi connectivity index (χ1v) is 6.50. The normalized spacial score (nSPS) is 21.8. The maximum absolute atomic E-state index is 13.6. The standard InChI is InChI=1S/C14H19FN2O3/c1-17(14(19)12-6-10(18)7-16-12)8-9-3-4-13(20-2)11(15)5-9/h3-5,10,12,16,18H,6-8H2,1-2H3/t10-,12-/m0/s1. The van der Waals surface area contributed by atoms with E-state index in [1.807, 2.05) is 0 Å². The fraction of sp³-hybridized carbons (Fsp3) is 0.500. The molecule has 5 nitrogen and oxygen atoms in total. The Hall–Kier alpha value is -1.66. The first-order valence-electron chi connectivity index (χ1n) is 6.50. The van der Waals surface area contributed by atoms with Gasteiger partial charge < -0.3 is 20.1 Å². The number of benzene rings is 1. The molecule has 2 atom stereocenters. The Bertz CT molecular complexity index is 495. The molecule has 1 aliphatic rings. The highest BCUT2D eigenvalue weighted by atomic mass is 19.1. The molecule has 0 radical (unpaired) electrons. The lowest BCUT2D eigenvalue weighted by atomic mass is 10.1. The van der Waals surface area contributed by atoms with Crippen molar-refractivity contribution in [3.63, 3.8) is 0 Å². The minimum atomic E-state index is -0.476. The maximum Gasteiger partial charge on any atom is 0.239 e. The van der Waals surface area contributed by atoms with E-state index in [0.29, 0.717) is 25.1 Å². The zero-order chi connectivity index (χ0) is 14.7. The Kier molecular flexibility index (Phi) is 4.57. The van der Waals surface area contributed by atoms with Gasteiger partial charge in [0.25, 0.3) is 0 Å². The second-order valence-electron chi connectivity index (χ2n) is 5.01. The molecule has 2 rings (SSSR count). The number of hydrogen-bond acceptors (Lipinski definition) is 4. The maximum atomic E-state index is 13.6. The van der Waals surface area contributed by atoms with Gasteiger partial charge in [-0.05, 0) is 24.1 Å². The van der Waals surface area contributed by atoms with Gasteiger partial charge in [-0.3, -0.25) is 4.79 Å². The van der Waals surface area contributed by atoms with Crippen molar-refractivity contribution in [1.29, 1.82) is 0 Å². The van der Waals surface area contributed by atoms with E-state index < -0.39 is 11.9 Å². The van der Waals surface area contributed by atoms with Gasteiger partial charge in [0.15, 0.2) is 11.6 Å². The average Bonchev–Trinajstić information content (AvgIpc) is 2.84. The van der Waals surface area contributed by atoms with Gasteiger partial charge in [-0.15, -0.1) is 0 Å². The summed E-state index contributed by atoms with van der Waals surface area (Å²) in [7, 11) is 3.07. The van der Waals surface area contributed by atoms with Crippen LogP contribution in [-0.2, 0) is 11.3 Å². The summed E-state index contributed by atoms with van der Waals surface area (Å²) < 4.78 is 18.4. The molecule has 1 aromatic rings. The summed E-state index contributed by atoms with van der Waals surface area (Å²) in [6.45, 7) is 0.745. The summed E-state index contributed by atoms with van der Waals surface area (Å²) in [6, 6.07) is 4.26. The topological polar surface area (TPSA) is 61.8 Å². The number of likely N-dealkylation sites (N-methyl/N-ethyl adjacent to an activating group) is 1. The van der Waals surface area contributed by atoms with Gasteiger partial charge in [0.2, 0.25) is 5.91 Å². The first-order chi connectivity index (χ1) is 9.51. The largest absolute Gasteiger partial charge is 0.494 e. The van der Waals surface area contributed by atoms with Crippen LogP contribution in [0, 0.1) is 5.82 Å². The fourth-order valence-electron chi connectivity index (χ4n) is 2.33. The van der Waals surface area contributed by atoms with Gasteiger partial charge in [0, 0.05) is 20.1 Å². The van der Waals surface area contributed by atoms with E-state index in [0.717, 1.165) is 0 Å². The number of carbonyl (C=O) groups is 1. The molecule has 1 amide bonds. The molecule has 1 fully saturated rings. The summed E-state index contributed by atoms with van der Waals surface area (Å²) >= 11 is 0. The first kappa shape index (κ1) is 14.7. The van der Waals surface area contributed by atoms with E-state index in [4.69, 9.17) is 4.74 Å². The van der Waals surface area contributed by atoms with Crippen LogP contribution in [0.2, 0.25) is 0 Å². The molecule has 20 heavy (non-hydrogen) atoms. The highest BCUT2D eigenvalue weighted by Crippen LogP contribution is 2.19. The van der Waals surface area contributed by atoms with Crippen LogP contribution < -0.4 is 10.1 Å². The molecule has 1 heterocycles. The van der Waals surface area contributed by atoms with Crippen LogP contribution in [0.3, 0.4) is 0 Å². The minimum absolute atomic E-state index is 0.0993. The molecule has 1 aromatic carbocycles. The average molecular weight is 282 g/mol. The monoisotopic (exact) mass is 282 g/mol. The molecule has 2 N–H and O–H groups in total. The quantitative estimate of drug-likeness (QED) is 0.845. The lowest BCUT2D eigenvalue weighted by molar-refractivity contribution is -0.132. The molecule has 0 unspecified atom stereocenters. The van der Waals surface area contributed by atoms with Crippen LogP contribution in [0.1, 0.15) is 12.0 Å². The third kappa shape index (κ3) is 3.26. The molecule has 1 saturated heterocycles. The summed E-state index contributed by atoms with van der Waals surface area (Å²) in [4.78, 5) is 13.7. The smallest absolute Gasteiger partial charge is 0.239 e. The zero-order valence-corrected chi connectivity index (χ0v) is 11.6. The number of β-amino-alcohol motifs (C(OH)–C–C–N with tert-alkyl or cyclic N) is 1. The van der Waals surface area contributed by atoms with Crippen LogP contribution >= 0.6 is 0 Å². The van der Waals surface area contributed by atoms with Crippen molar-refractivity contribution in [1.82, 2.24) is 10.2 Å². The number of amides is 1. The van der Waals surface area contributed by atoms with Crippen LogP contribution in [0.5, 0.6) is 5.75 Å². The Labute approximate surface area is 117 Å². The van der Waals surface area contributed by atoms with E-state index in [-0.39, 0.29) is 17.7 Å². The van der Waals surface area contributed by atoms with Crippen LogP contribution in [0.25, 0.3) is 0 Å². The Balaban J connectivity index is 1.98. The van der Waals surface area contributed by atoms with Crippen molar-refractivity contribution in [3.8, 4) is 5.75 Å². The number of rotatable bonds is 4. The van der Waals surface area contributed by atoms with Crippen LogP contribution in [0.15, 0.2) is 18.2 Å². The number of aliphatic hydroxyl groups is 1. The molecule has 0 saturated carbocycles. The number of hydrogen-bond donors (Lipinski definition) is 2. The molecule has 1 aliphatic heterocycles. The van der Waals surface area contributed by atoms with Gasteiger partial charge in [0.05, 0.1) is 19.3 Å². The van der Waals surface area contributed by atoms with Gasteiger partial charge >= 0.3 is 0 Å². The van der Waals surface area contributed by atoms with Crippen molar-refractivity contribution in [3.05, 3.63) is 29.6 Å². The zero-order valence-electron chi connectivity index (χ0n) is 11.6. The van der Waals surface area contributed by atoms with Crippen molar-refractivity contribution in [2.45, 2.75) is 25.1 Å².